The molecule has 0 atom stereocenters. The Kier molecular flexibility index (Phi) is 4.52. The molecule has 1 aromatic heterocycles. The molecule has 7 nitrogen and oxygen atoms in total. The average Bonchev–Trinajstić information content (AvgIpc) is 2.64. The van der Waals surface area contributed by atoms with Crippen molar-refractivity contribution in [2.24, 2.45) is 5.11 Å². The van der Waals surface area contributed by atoms with E-state index in [0.717, 1.165) is 11.5 Å². The molecule has 0 bridgehead atoms. The first-order valence-electron chi connectivity index (χ1n) is 4.33. The fraction of sp³-hybridized carbons (Fsp3) is 0.571. The topological polar surface area (TPSA) is 104 Å². The number of azide groups is 1. The molecule has 15 heavy (non-hydrogen) atoms. The summed E-state index contributed by atoms with van der Waals surface area (Å²) in [5, 5.41) is 9.79. The van der Waals surface area contributed by atoms with Crippen LogP contribution in [-0.4, -0.2) is 28.6 Å². The molecule has 1 amide bonds. The third-order valence-corrected chi connectivity index (χ3v) is 2.47. The zero-order valence-corrected chi connectivity index (χ0v) is 8.99. The highest BCUT2D eigenvalue weighted by molar-refractivity contribution is 7.07. The standard InChI is InChI=1S/C7H10N6OS/c1-5-6(15-13-11-5)7(14)9-3-2-4-10-12-8/h2-4H2,1H3,(H,9,14). The maximum atomic E-state index is 11.5. The Morgan fingerprint density at radius 2 is 2.53 bits per heavy atom. The normalized spacial score (nSPS) is 9.40. The number of hydrogen-bond donors (Lipinski definition) is 1. The third kappa shape index (κ3) is 3.53. The number of carbonyl (C=O) groups excluding carboxylic acids is 1. The number of rotatable bonds is 5. The minimum Gasteiger partial charge on any atom is -0.351 e. The van der Waals surface area contributed by atoms with Crippen LogP contribution in [-0.2, 0) is 0 Å². The Hall–Kier alpha value is -1.66. The first-order chi connectivity index (χ1) is 7.25. The summed E-state index contributed by atoms with van der Waals surface area (Å²) in [6.07, 6.45) is 0.626. The van der Waals surface area contributed by atoms with Crippen LogP contribution in [0, 0.1) is 6.92 Å². The Morgan fingerprint density at radius 1 is 1.73 bits per heavy atom. The molecule has 1 aromatic rings. The number of aromatic nitrogens is 2. The van der Waals surface area contributed by atoms with Crippen molar-refractivity contribution in [2.75, 3.05) is 13.1 Å². The molecule has 0 aliphatic heterocycles. The lowest BCUT2D eigenvalue weighted by Crippen LogP contribution is -2.24. The van der Waals surface area contributed by atoms with E-state index in [0.29, 0.717) is 30.1 Å². The summed E-state index contributed by atoms with van der Waals surface area (Å²) in [4.78, 5) is 14.6. The maximum absolute atomic E-state index is 11.5. The van der Waals surface area contributed by atoms with Gasteiger partial charge in [0, 0.05) is 18.0 Å². The van der Waals surface area contributed by atoms with Crippen molar-refractivity contribution in [2.45, 2.75) is 13.3 Å². The van der Waals surface area contributed by atoms with Crippen LogP contribution in [0.15, 0.2) is 5.11 Å². The lowest BCUT2D eigenvalue weighted by Gasteiger charge is -2.00. The molecule has 1 rings (SSSR count). The van der Waals surface area contributed by atoms with Gasteiger partial charge in [-0.25, -0.2) is 0 Å². The Labute approximate surface area is 90.3 Å². The van der Waals surface area contributed by atoms with Crippen LogP contribution >= 0.6 is 11.5 Å². The first-order valence-corrected chi connectivity index (χ1v) is 5.11. The zero-order valence-electron chi connectivity index (χ0n) is 8.17. The Balaban J connectivity index is 2.31. The van der Waals surface area contributed by atoms with Gasteiger partial charge in [0.1, 0.15) is 4.88 Å². The summed E-state index contributed by atoms with van der Waals surface area (Å²) in [7, 11) is 0. The van der Waals surface area contributed by atoms with E-state index in [9.17, 15) is 4.79 Å². The van der Waals surface area contributed by atoms with Crippen molar-refractivity contribution in [3.63, 3.8) is 0 Å². The van der Waals surface area contributed by atoms with E-state index in [1.165, 1.54) is 0 Å². The Morgan fingerprint density at radius 3 is 3.13 bits per heavy atom. The van der Waals surface area contributed by atoms with Gasteiger partial charge in [0.25, 0.3) is 5.91 Å². The van der Waals surface area contributed by atoms with Crippen molar-refractivity contribution in [3.8, 4) is 0 Å². The molecule has 8 heteroatoms. The second kappa shape index (κ2) is 5.94. The number of amides is 1. The van der Waals surface area contributed by atoms with Gasteiger partial charge in [-0.1, -0.05) is 9.60 Å². The smallest absolute Gasteiger partial charge is 0.264 e. The van der Waals surface area contributed by atoms with Crippen molar-refractivity contribution in [1.82, 2.24) is 14.9 Å². The molecule has 0 spiro atoms. The van der Waals surface area contributed by atoms with Crippen LogP contribution in [0.25, 0.3) is 10.4 Å². The number of aryl methyl sites for hydroxylation is 1. The fourth-order valence-electron chi connectivity index (χ4n) is 0.916. The Bertz CT molecular complexity index is 383. The highest BCUT2D eigenvalue weighted by Gasteiger charge is 2.11. The third-order valence-electron chi connectivity index (χ3n) is 1.64. The molecular weight excluding hydrogens is 216 g/mol. The van der Waals surface area contributed by atoms with E-state index >= 15 is 0 Å². The minimum absolute atomic E-state index is 0.177. The molecule has 80 valence electrons. The molecule has 0 fully saturated rings. The van der Waals surface area contributed by atoms with Crippen LogP contribution in [0.4, 0.5) is 0 Å². The molecule has 0 saturated heterocycles. The van der Waals surface area contributed by atoms with Gasteiger partial charge in [-0.05, 0) is 30.4 Å². The maximum Gasteiger partial charge on any atom is 0.264 e. The van der Waals surface area contributed by atoms with E-state index in [-0.39, 0.29) is 5.91 Å². The SMILES string of the molecule is Cc1nnsc1C(=O)NCCCN=[N+]=[N-]. The molecule has 0 unspecified atom stereocenters. The van der Waals surface area contributed by atoms with Gasteiger partial charge >= 0.3 is 0 Å². The van der Waals surface area contributed by atoms with E-state index in [1.807, 2.05) is 0 Å². The second-order valence-corrected chi connectivity index (χ2v) is 3.51. The predicted octanol–water partition coefficient (Wildman–Crippen LogP) is 1.28. The number of nitrogens with zero attached hydrogens (tertiary/aromatic N) is 5. The van der Waals surface area contributed by atoms with Crippen molar-refractivity contribution in [3.05, 3.63) is 21.0 Å². The lowest BCUT2D eigenvalue weighted by atomic mass is 10.3. The van der Waals surface area contributed by atoms with Gasteiger partial charge in [0.2, 0.25) is 0 Å². The van der Waals surface area contributed by atoms with Gasteiger partial charge in [0.15, 0.2) is 0 Å². The van der Waals surface area contributed by atoms with Gasteiger partial charge in [-0.2, -0.15) is 0 Å². The summed E-state index contributed by atoms with van der Waals surface area (Å²) < 4.78 is 3.66. The largest absolute Gasteiger partial charge is 0.351 e. The van der Waals surface area contributed by atoms with Gasteiger partial charge in [-0.3, -0.25) is 4.79 Å². The molecule has 0 saturated carbocycles. The summed E-state index contributed by atoms with van der Waals surface area (Å²) in [5.41, 5.74) is 8.65. The van der Waals surface area contributed by atoms with Crippen LogP contribution < -0.4 is 5.32 Å². The first kappa shape index (κ1) is 11.4. The molecule has 0 aliphatic rings. The van der Waals surface area contributed by atoms with Crippen LogP contribution in [0.2, 0.25) is 0 Å². The summed E-state index contributed by atoms with van der Waals surface area (Å²) >= 11 is 1.07. The quantitative estimate of drug-likeness (QED) is 0.354. The fourth-order valence-corrected chi connectivity index (χ4v) is 1.49. The van der Waals surface area contributed by atoms with Crippen LogP contribution in [0.1, 0.15) is 21.8 Å². The minimum atomic E-state index is -0.177. The molecule has 0 aromatic carbocycles. The molecule has 0 aliphatic carbocycles. The monoisotopic (exact) mass is 226 g/mol. The summed E-state index contributed by atoms with van der Waals surface area (Å²) in [6, 6.07) is 0. The average molecular weight is 226 g/mol. The van der Waals surface area contributed by atoms with E-state index < -0.39 is 0 Å². The van der Waals surface area contributed by atoms with E-state index in [1.54, 1.807) is 6.92 Å². The highest BCUT2D eigenvalue weighted by atomic mass is 32.1. The van der Waals surface area contributed by atoms with Crippen LogP contribution in [0.5, 0.6) is 0 Å². The predicted molar refractivity (Wildman–Crippen MR) is 55.6 cm³/mol. The molecule has 1 heterocycles. The van der Waals surface area contributed by atoms with Gasteiger partial charge < -0.3 is 5.32 Å². The number of carbonyl (C=O) groups is 1. The highest BCUT2D eigenvalue weighted by Crippen LogP contribution is 2.07. The zero-order chi connectivity index (χ0) is 11.1. The number of nitrogens with one attached hydrogen (secondary N) is 1. The molecule has 1 N–H and O–H groups in total. The van der Waals surface area contributed by atoms with E-state index in [2.05, 4.69) is 24.9 Å². The van der Waals surface area contributed by atoms with Crippen LogP contribution in [0.3, 0.4) is 0 Å². The molecular formula is C7H10N6OS. The van der Waals surface area contributed by atoms with E-state index in [4.69, 9.17) is 5.53 Å². The second-order valence-electron chi connectivity index (χ2n) is 2.75. The van der Waals surface area contributed by atoms with Gasteiger partial charge in [-0.15, -0.1) is 5.10 Å². The van der Waals surface area contributed by atoms with Crippen molar-refractivity contribution < 1.29 is 4.79 Å². The van der Waals surface area contributed by atoms with Gasteiger partial charge in [0.05, 0.1) is 5.69 Å². The summed E-state index contributed by atoms with van der Waals surface area (Å²) in [6.45, 7) is 2.60. The van der Waals surface area contributed by atoms with Crippen molar-refractivity contribution >= 4 is 17.4 Å². The number of hydrogen-bond acceptors (Lipinski definition) is 5. The van der Waals surface area contributed by atoms with Crippen molar-refractivity contribution in [1.29, 1.82) is 0 Å². The molecule has 0 radical (unpaired) electrons. The summed E-state index contributed by atoms with van der Waals surface area (Å²) in [5.74, 6) is -0.177. The lowest BCUT2D eigenvalue weighted by molar-refractivity contribution is 0.0956.